The van der Waals surface area contributed by atoms with E-state index in [1.165, 1.54) is 22.3 Å². The fourth-order valence-corrected chi connectivity index (χ4v) is 3.49. The van der Waals surface area contributed by atoms with Crippen molar-refractivity contribution in [2.24, 2.45) is 5.73 Å². The summed E-state index contributed by atoms with van der Waals surface area (Å²) < 4.78 is 11.1. The summed E-state index contributed by atoms with van der Waals surface area (Å²) in [4.78, 5) is 39.7. The lowest BCUT2D eigenvalue weighted by Gasteiger charge is -2.42. The summed E-state index contributed by atoms with van der Waals surface area (Å²) in [5.41, 5.74) is 6.48. The first-order chi connectivity index (χ1) is 14.8. The third-order valence-corrected chi connectivity index (χ3v) is 4.98. The highest BCUT2D eigenvalue weighted by Crippen LogP contribution is 2.30. The largest absolute Gasteiger partial charge is 0.481 e. The first-order valence-corrected chi connectivity index (χ1v) is 9.78. The zero-order chi connectivity index (χ0) is 22.5. The van der Waals surface area contributed by atoms with E-state index < -0.39 is 30.1 Å². The Balaban J connectivity index is 1.90. The number of hydrogen-bond donors (Lipinski definition) is 3. The van der Waals surface area contributed by atoms with Gasteiger partial charge < -0.3 is 24.9 Å². The molecule has 2 atom stereocenters. The molecule has 10 nitrogen and oxygen atoms in total. The second-order valence-electron chi connectivity index (χ2n) is 7.14. The minimum Gasteiger partial charge on any atom is -0.481 e. The summed E-state index contributed by atoms with van der Waals surface area (Å²) in [5, 5.41) is 16.8. The Morgan fingerprint density at radius 1 is 1.29 bits per heavy atom. The third kappa shape index (κ3) is 4.85. The van der Waals surface area contributed by atoms with Gasteiger partial charge in [0.05, 0.1) is 31.5 Å². The van der Waals surface area contributed by atoms with Crippen molar-refractivity contribution in [2.45, 2.75) is 32.0 Å². The van der Waals surface area contributed by atoms with E-state index in [1.807, 2.05) is 6.92 Å². The molecule has 1 aromatic carbocycles. The summed E-state index contributed by atoms with van der Waals surface area (Å²) >= 11 is 0. The maximum atomic E-state index is 12.9. The highest BCUT2D eigenvalue weighted by atomic mass is 16.5. The first kappa shape index (κ1) is 21.9. The summed E-state index contributed by atoms with van der Waals surface area (Å²) in [6.07, 6.45) is 2.17. The molecule has 3 rings (SSSR count). The molecular weight excluding hydrogens is 404 g/mol. The zero-order valence-electron chi connectivity index (χ0n) is 17.0. The minimum absolute atomic E-state index is 0.0117. The van der Waals surface area contributed by atoms with Crippen LogP contribution in [-0.2, 0) is 14.4 Å². The van der Waals surface area contributed by atoms with Crippen LogP contribution in [0.3, 0.4) is 0 Å². The number of furan rings is 1. The first-order valence-electron chi connectivity index (χ1n) is 9.78. The lowest BCUT2D eigenvalue weighted by Crippen LogP contribution is -2.62. The molecule has 10 heteroatoms. The normalized spacial score (nSPS) is 17.5. The molecule has 1 fully saturated rings. The molecule has 1 aliphatic heterocycles. The lowest BCUT2D eigenvalue weighted by molar-refractivity contribution is -0.169. The number of benzene rings is 1. The molecule has 0 radical (unpaired) electrons. The number of rotatable bonds is 9. The van der Waals surface area contributed by atoms with Crippen molar-refractivity contribution in [1.82, 2.24) is 9.80 Å². The second kappa shape index (κ2) is 9.33. The van der Waals surface area contributed by atoms with Crippen molar-refractivity contribution in [2.75, 3.05) is 13.1 Å². The number of carbonyl (C=O) groups excluding carboxylic acids is 2. The van der Waals surface area contributed by atoms with Crippen molar-refractivity contribution < 1.29 is 28.6 Å². The number of nitrogens with zero attached hydrogens (tertiary/aromatic N) is 2. The van der Waals surface area contributed by atoms with Crippen LogP contribution >= 0.6 is 0 Å². The molecule has 2 heterocycles. The van der Waals surface area contributed by atoms with Crippen LogP contribution < -0.4 is 10.5 Å². The average Bonchev–Trinajstić information content (AvgIpc) is 3.26. The number of amides is 2. The molecule has 4 N–H and O–H groups in total. The van der Waals surface area contributed by atoms with E-state index in [0.717, 1.165) is 0 Å². The Morgan fingerprint density at radius 3 is 2.55 bits per heavy atom. The van der Waals surface area contributed by atoms with Crippen molar-refractivity contribution in [3.63, 3.8) is 0 Å². The smallest absolute Gasteiger partial charge is 0.315 e. The third-order valence-electron chi connectivity index (χ3n) is 4.98. The van der Waals surface area contributed by atoms with Gasteiger partial charge in [0, 0.05) is 17.7 Å². The number of amidine groups is 1. The van der Waals surface area contributed by atoms with Gasteiger partial charge in [-0.3, -0.25) is 24.7 Å². The Bertz CT molecular complexity index is 957. The quantitative estimate of drug-likeness (QED) is 0.312. The van der Waals surface area contributed by atoms with Gasteiger partial charge in [0.15, 0.2) is 6.23 Å². The van der Waals surface area contributed by atoms with Gasteiger partial charge in [-0.25, -0.2) is 0 Å². The van der Waals surface area contributed by atoms with Crippen molar-refractivity contribution in [3.05, 3.63) is 54.0 Å². The molecular formula is C21H24N4O6. The number of nitrogens with one attached hydrogen (secondary N) is 1. The molecule has 31 heavy (non-hydrogen) atoms. The number of nitrogens with two attached hydrogens (primary N) is 1. The van der Waals surface area contributed by atoms with E-state index in [9.17, 15) is 19.5 Å². The van der Waals surface area contributed by atoms with E-state index in [0.29, 0.717) is 29.8 Å². The Hall–Kier alpha value is -3.82. The molecule has 2 amide bonds. The summed E-state index contributed by atoms with van der Waals surface area (Å²) in [6, 6.07) is 7.18. The number of ether oxygens (including phenoxy) is 1. The fraction of sp³-hybridized carbons (Fsp3) is 0.333. The molecule has 0 bridgehead atoms. The summed E-state index contributed by atoms with van der Waals surface area (Å²) in [7, 11) is 0. The molecule has 0 aliphatic carbocycles. The lowest BCUT2D eigenvalue weighted by atomic mass is 10.0. The molecule has 2 unspecified atom stereocenters. The van der Waals surface area contributed by atoms with Gasteiger partial charge in [0.2, 0.25) is 0 Å². The predicted molar refractivity (Wildman–Crippen MR) is 109 cm³/mol. The molecule has 2 aromatic rings. The standard InChI is InChI=1S/C21H24N4O6/c1-2-8-24-17(31-15-5-3-13(4-6-15)19(22)23)11-25(21(29)20(24)28)16(10-18(26)27)14-7-9-30-12-14/h3-7,9,12,16-17H,2,8,10-11H2,1H3,(H3,22,23)(H,26,27). The molecule has 0 saturated carbocycles. The van der Waals surface area contributed by atoms with E-state index in [4.69, 9.17) is 20.3 Å². The molecule has 0 spiro atoms. The molecule has 1 aliphatic rings. The van der Waals surface area contributed by atoms with Crippen LogP contribution in [0, 0.1) is 5.41 Å². The Kier molecular flexibility index (Phi) is 6.58. The van der Waals surface area contributed by atoms with Crippen molar-refractivity contribution in [3.8, 4) is 5.75 Å². The van der Waals surface area contributed by atoms with Gasteiger partial charge in [-0.2, -0.15) is 0 Å². The number of carbonyl (C=O) groups is 3. The number of aliphatic carboxylic acids is 1. The molecule has 1 saturated heterocycles. The average molecular weight is 428 g/mol. The highest BCUT2D eigenvalue weighted by molar-refractivity contribution is 6.35. The van der Waals surface area contributed by atoms with Gasteiger partial charge >= 0.3 is 17.8 Å². The predicted octanol–water partition coefficient (Wildman–Crippen LogP) is 1.57. The van der Waals surface area contributed by atoms with E-state index in [-0.39, 0.29) is 18.8 Å². The van der Waals surface area contributed by atoms with Crippen molar-refractivity contribution >= 4 is 23.6 Å². The highest BCUT2D eigenvalue weighted by Gasteiger charge is 2.43. The van der Waals surface area contributed by atoms with Gasteiger partial charge in [-0.1, -0.05) is 6.92 Å². The van der Waals surface area contributed by atoms with Crippen LogP contribution in [0.25, 0.3) is 0 Å². The fourth-order valence-electron chi connectivity index (χ4n) is 3.49. The second-order valence-corrected chi connectivity index (χ2v) is 7.14. The van der Waals surface area contributed by atoms with Gasteiger partial charge in [0.25, 0.3) is 0 Å². The van der Waals surface area contributed by atoms with E-state index >= 15 is 0 Å². The minimum atomic E-state index is -1.11. The maximum Gasteiger partial charge on any atom is 0.315 e. The van der Waals surface area contributed by atoms with Crippen LogP contribution in [0.4, 0.5) is 0 Å². The Labute approximate surface area is 178 Å². The number of carboxylic acids is 1. The van der Waals surface area contributed by atoms with Gasteiger partial charge in [0.1, 0.15) is 11.6 Å². The SMILES string of the molecule is CCCN1C(=O)C(=O)N(C(CC(=O)O)c2ccoc2)CC1Oc1ccc(C(=N)N)cc1. The number of carboxylic acid groups (broad SMARTS) is 1. The molecule has 1 aromatic heterocycles. The van der Waals surface area contributed by atoms with E-state index in [1.54, 1.807) is 30.3 Å². The van der Waals surface area contributed by atoms with Crippen LogP contribution in [0.15, 0.2) is 47.3 Å². The van der Waals surface area contributed by atoms with Crippen molar-refractivity contribution in [1.29, 1.82) is 5.41 Å². The number of piperazine rings is 1. The van der Waals surface area contributed by atoms with Crippen LogP contribution in [0.2, 0.25) is 0 Å². The van der Waals surface area contributed by atoms with Crippen LogP contribution in [0.1, 0.15) is 36.9 Å². The Morgan fingerprint density at radius 2 is 2.00 bits per heavy atom. The monoisotopic (exact) mass is 428 g/mol. The number of hydrogen-bond acceptors (Lipinski definition) is 6. The van der Waals surface area contributed by atoms with Gasteiger partial charge in [-0.15, -0.1) is 0 Å². The van der Waals surface area contributed by atoms with Gasteiger partial charge in [-0.05, 0) is 36.8 Å². The topological polar surface area (TPSA) is 150 Å². The summed E-state index contributed by atoms with van der Waals surface area (Å²) in [6.45, 7) is 2.17. The van der Waals surface area contributed by atoms with Crippen LogP contribution in [0.5, 0.6) is 5.75 Å². The number of nitrogen functional groups attached to an aromatic ring is 1. The zero-order valence-corrected chi connectivity index (χ0v) is 17.0. The maximum absolute atomic E-state index is 12.9. The van der Waals surface area contributed by atoms with Crippen LogP contribution in [-0.4, -0.2) is 57.8 Å². The summed E-state index contributed by atoms with van der Waals surface area (Å²) in [5.74, 6) is -2.30. The van der Waals surface area contributed by atoms with E-state index in [2.05, 4.69) is 0 Å². The molecule has 164 valence electrons.